The van der Waals surface area contributed by atoms with Crippen LogP contribution in [0.1, 0.15) is 63.9 Å². The number of hydrogen-bond acceptors (Lipinski definition) is 7. The van der Waals surface area contributed by atoms with Crippen molar-refractivity contribution in [1.82, 2.24) is 0 Å². The van der Waals surface area contributed by atoms with Crippen LogP contribution in [0.4, 0.5) is 0 Å². The molecule has 1 atom stereocenters. The number of carbonyl (C=O) groups excluding carboxylic acids is 2. The lowest BCUT2D eigenvalue weighted by molar-refractivity contribution is -0.122. The highest BCUT2D eigenvalue weighted by Gasteiger charge is 2.23. The van der Waals surface area contributed by atoms with E-state index in [0.717, 1.165) is 5.71 Å². The molecule has 0 aliphatic heterocycles. The molecule has 8 heteroatoms. The van der Waals surface area contributed by atoms with Crippen LogP contribution in [0.5, 0.6) is 0 Å². The summed E-state index contributed by atoms with van der Waals surface area (Å²) in [5.41, 5.74) is 0.717. The van der Waals surface area contributed by atoms with Gasteiger partial charge in [-0.05, 0) is 57.2 Å². The zero-order valence-corrected chi connectivity index (χ0v) is 20.8. The Labute approximate surface area is 200 Å². The number of furan rings is 2. The van der Waals surface area contributed by atoms with E-state index >= 15 is 0 Å². The monoisotopic (exact) mass is 485 g/mol. The molecule has 0 spiro atoms. The van der Waals surface area contributed by atoms with Gasteiger partial charge in [0.25, 0.3) is 0 Å². The molecule has 0 N–H and O–H groups in total. The van der Waals surface area contributed by atoms with Crippen LogP contribution in [0, 0.1) is 0 Å². The third-order valence-electron chi connectivity index (χ3n) is 5.44. The summed E-state index contributed by atoms with van der Waals surface area (Å²) in [7, 11) is -1.95. The highest BCUT2D eigenvalue weighted by atomic mass is 32.2. The Morgan fingerprint density at radius 2 is 1.71 bits per heavy atom. The minimum atomic E-state index is -3.62. The maximum atomic E-state index is 12.7. The number of nitrogens with zero attached hydrogens (tertiary/aromatic N) is 1. The van der Waals surface area contributed by atoms with Crippen LogP contribution in [0.3, 0.4) is 0 Å². The van der Waals surface area contributed by atoms with Crippen molar-refractivity contribution in [2.75, 3.05) is 7.05 Å². The van der Waals surface area contributed by atoms with E-state index in [-0.39, 0.29) is 46.6 Å². The summed E-state index contributed by atoms with van der Waals surface area (Å²) < 4.78 is 35.8. The molecular weight excluding hydrogens is 454 g/mol. The van der Waals surface area contributed by atoms with Gasteiger partial charge in [-0.2, -0.15) is 0 Å². The summed E-state index contributed by atoms with van der Waals surface area (Å²) in [6.07, 6.45) is 9.23. The van der Waals surface area contributed by atoms with E-state index in [9.17, 15) is 18.0 Å². The Hall–Kier alpha value is -3.26. The van der Waals surface area contributed by atoms with Gasteiger partial charge in [0, 0.05) is 43.6 Å². The lowest BCUT2D eigenvalue weighted by Gasteiger charge is -2.14. The number of rotatable bonds is 13. The first-order valence-corrected chi connectivity index (χ1v) is 12.5. The van der Waals surface area contributed by atoms with Crippen LogP contribution in [0.2, 0.25) is 0 Å². The Morgan fingerprint density at radius 1 is 1.00 bits per heavy atom. The minimum Gasteiger partial charge on any atom is -0.469 e. The van der Waals surface area contributed by atoms with Gasteiger partial charge in [-0.25, -0.2) is 8.42 Å². The molecule has 0 aliphatic carbocycles. The maximum absolute atomic E-state index is 12.7. The van der Waals surface area contributed by atoms with E-state index in [1.807, 2.05) is 12.1 Å². The average molecular weight is 486 g/mol. The van der Waals surface area contributed by atoms with Gasteiger partial charge in [-0.1, -0.05) is 12.2 Å². The van der Waals surface area contributed by atoms with Gasteiger partial charge < -0.3 is 8.83 Å². The maximum Gasteiger partial charge on any atom is 0.201 e. The number of carbonyl (C=O) groups is 2. The summed E-state index contributed by atoms with van der Waals surface area (Å²) in [5, 5.41) is 0. The normalized spacial score (nSPS) is 14.5. The molecule has 2 rings (SSSR count). The van der Waals surface area contributed by atoms with Gasteiger partial charge in [0.15, 0.2) is 5.78 Å². The first-order chi connectivity index (χ1) is 16.2. The number of ketones is 2. The Morgan fingerprint density at radius 3 is 2.26 bits per heavy atom. The molecule has 2 aromatic heterocycles. The van der Waals surface area contributed by atoms with E-state index in [1.165, 1.54) is 31.2 Å². The van der Waals surface area contributed by atoms with Gasteiger partial charge in [0.1, 0.15) is 17.3 Å². The molecule has 0 saturated carbocycles. The molecule has 2 heterocycles. The quantitative estimate of drug-likeness (QED) is 0.208. The Kier molecular flexibility index (Phi) is 10.2. The van der Waals surface area contributed by atoms with E-state index in [0.29, 0.717) is 17.9 Å². The SMILES string of the molecule is CC=C(C)S(=O)(=O)C(/C=C\C(=O)CCC(=O)CC(CC(=NC)c1ccco1)c1ccco1)=C/C. The van der Waals surface area contributed by atoms with Crippen molar-refractivity contribution in [3.05, 3.63) is 82.4 Å². The van der Waals surface area contributed by atoms with E-state index < -0.39 is 9.84 Å². The first-order valence-electron chi connectivity index (χ1n) is 11.0. The predicted octanol–water partition coefficient (Wildman–Crippen LogP) is 5.57. The molecule has 0 fully saturated rings. The predicted molar refractivity (Wildman–Crippen MR) is 132 cm³/mol. The van der Waals surface area contributed by atoms with E-state index in [1.54, 1.807) is 45.6 Å². The summed E-state index contributed by atoms with van der Waals surface area (Å²) in [6.45, 7) is 4.74. The first kappa shape index (κ1) is 27.0. The molecule has 34 heavy (non-hydrogen) atoms. The standard InChI is InChI=1S/C26H31NO6S/c1-5-19(3)34(30,31)23(6-2)14-13-21(28)11-12-22(29)17-20(25-9-7-15-32-25)18-24(27-4)26-10-8-16-33-26/h5-10,13-16,20H,11-12,17-18H2,1-4H3/b14-13-,19-5?,23-6+,27-24?. The van der Waals surface area contributed by atoms with Gasteiger partial charge in [-0.15, -0.1) is 0 Å². The van der Waals surface area contributed by atoms with Crippen LogP contribution in [-0.4, -0.2) is 32.7 Å². The zero-order valence-electron chi connectivity index (χ0n) is 20.0. The molecule has 7 nitrogen and oxygen atoms in total. The van der Waals surface area contributed by atoms with Crippen molar-refractivity contribution < 1.29 is 26.8 Å². The van der Waals surface area contributed by atoms with Crippen molar-refractivity contribution in [2.45, 2.75) is 52.4 Å². The van der Waals surface area contributed by atoms with Crippen LogP contribution in [0.15, 0.2) is 84.7 Å². The minimum absolute atomic E-state index is 0.00719. The summed E-state index contributed by atoms with van der Waals surface area (Å²) in [6, 6.07) is 7.16. The summed E-state index contributed by atoms with van der Waals surface area (Å²) >= 11 is 0. The van der Waals surface area contributed by atoms with Gasteiger partial charge in [0.05, 0.1) is 23.1 Å². The molecule has 0 aromatic carbocycles. The van der Waals surface area contributed by atoms with Crippen molar-refractivity contribution in [3.8, 4) is 0 Å². The highest BCUT2D eigenvalue weighted by molar-refractivity contribution is 7.99. The van der Waals surface area contributed by atoms with E-state index in [2.05, 4.69) is 4.99 Å². The topological polar surface area (TPSA) is 107 Å². The number of Topliss-reactive ketones (excluding diaryl/α,β-unsaturated/α-hetero) is 1. The molecule has 0 amide bonds. The third-order valence-corrected chi connectivity index (χ3v) is 7.52. The molecule has 0 aliphatic rings. The summed E-state index contributed by atoms with van der Waals surface area (Å²) in [5.74, 6) is 0.633. The molecular formula is C26H31NO6S. The largest absolute Gasteiger partial charge is 0.469 e. The molecule has 1 unspecified atom stereocenters. The second-order valence-electron chi connectivity index (χ2n) is 7.70. The number of aliphatic imine (C=N–C) groups is 1. The fourth-order valence-electron chi connectivity index (χ4n) is 3.36. The van der Waals surface area contributed by atoms with Gasteiger partial charge >= 0.3 is 0 Å². The molecule has 0 radical (unpaired) electrons. The van der Waals surface area contributed by atoms with Crippen molar-refractivity contribution >= 4 is 27.1 Å². The van der Waals surface area contributed by atoms with E-state index in [4.69, 9.17) is 8.83 Å². The fourth-order valence-corrected chi connectivity index (χ4v) is 4.59. The van der Waals surface area contributed by atoms with Crippen molar-refractivity contribution in [2.24, 2.45) is 4.99 Å². The number of hydrogen-bond donors (Lipinski definition) is 0. The zero-order chi connectivity index (χ0) is 25.1. The van der Waals surface area contributed by atoms with Crippen LogP contribution < -0.4 is 0 Å². The highest BCUT2D eigenvalue weighted by Crippen LogP contribution is 2.27. The fraction of sp³-hybridized carbons (Fsp3) is 0.346. The van der Waals surface area contributed by atoms with Crippen molar-refractivity contribution in [3.63, 3.8) is 0 Å². The number of sulfone groups is 1. The lowest BCUT2D eigenvalue weighted by atomic mass is 9.91. The second kappa shape index (κ2) is 12.8. The molecule has 0 saturated heterocycles. The van der Waals surface area contributed by atoms with Crippen molar-refractivity contribution in [1.29, 1.82) is 0 Å². The van der Waals surface area contributed by atoms with Crippen LogP contribution >= 0.6 is 0 Å². The Balaban J connectivity index is 2.01. The third kappa shape index (κ3) is 7.38. The molecule has 182 valence electrons. The second-order valence-corrected chi connectivity index (χ2v) is 9.82. The average Bonchev–Trinajstić information content (AvgIpc) is 3.54. The van der Waals surface area contributed by atoms with Gasteiger partial charge in [0.2, 0.25) is 9.84 Å². The van der Waals surface area contributed by atoms with Crippen LogP contribution in [-0.2, 0) is 19.4 Å². The molecule has 2 aromatic rings. The Bertz CT molecular complexity index is 1180. The van der Waals surface area contributed by atoms with Gasteiger partial charge in [-0.3, -0.25) is 14.6 Å². The van der Waals surface area contributed by atoms with Crippen LogP contribution in [0.25, 0.3) is 0 Å². The smallest absolute Gasteiger partial charge is 0.201 e. The summed E-state index contributed by atoms with van der Waals surface area (Å²) in [4.78, 5) is 29.6. The lowest BCUT2D eigenvalue weighted by Crippen LogP contribution is -2.13. The number of allylic oxidation sites excluding steroid dienone is 5. The molecule has 0 bridgehead atoms.